The van der Waals surface area contributed by atoms with Crippen LogP contribution in [0.2, 0.25) is 0 Å². The van der Waals surface area contributed by atoms with E-state index in [1.165, 1.54) is 43.2 Å². The normalized spacial score (nSPS) is 14.1. The van der Waals surface area contributed by atoms with Crippen LogP contribution >= 0.6 is 0 Å². The molecule has 1 fully saturated rings. The summed E-state index contributed by atoms with van der Waals surface area (Å²) in [5.41, 5.74) is 3.38. The van der Waals surface area contributed by atoms with Crippen LogP contribution in [0, 0.1) is 0 Å². The molecule has 4 aromatic carbocycles. The molecule has 0 spiro atoms. The van der Waals surface area contributed by atoms with Crippen molar-refractivity contribution in [1.29, 1.82) is 0 Å². The molecule has 0 aromatic heterocycles. The molecule has 0 radical (unpaired) electrons. The zero-order valence-corrected chi connectivity index (χ0v) is 18.3. The van der Waals surface area contributed by atoms with Gasteiger partial charge < -0.3 is 30.3 Å². The van der Waals surface area contributed by atoms with Crippen LogP contribution in [0.15, 0.2) is 109 Å². The van der Waals surface area contributed by atoms with Crippen molar-refractivity contribution in [3.05, 3.63) is 120 Å². The first-order valence-electron chi connectivity index (χ1n) is 9.70. The SMILES string of the molecule is [Fe].[Fe].[cH-]1[cH-][cH-][cH-][cH-]1.c1cc[c-](C2([c-]3cccc3)CCCCC2)c1.c1cc[cH-]c1. The molecule has 28 heavy (non-hydrogen) atoms. The summed E-state index contributed by atoms with van der Waals surface area (Å²) < 4.78 is 0. The number of hydrogen-bond acceptors (Lipinski definition) is 0. The van der Waals surface area contributed by atoms with Crippen LogP contribution in [0.4, 0.5) is 0 Å². The summed E-state index contributed by atoms with van der Waals surface area (Å²) in [6.45, 7) is 0. The van der Waals surface area contributed by atoms with Crippen LogP contribution in [0.3, 0.4) is 0 Å². The third-order valence-electron chi connectivity index (χ3n) is 5.25. The minimum absolute atomic E-state index is 0. The molecule has 0 atom stereocenters. The molecule has 4 aromatic rings. The molecule has 156 valence electrons. The van der Waals surface area contributed by atoms with Crippen LogP contribution in [-0.2, 0) is 39.6 Å². The van der Waals surface area contributed by atoms with E-state index in [2.05, 4.69) is 48.5 Å². The van der Waals surface area contributed by atoms with E-state index in [0.717, 1.165) is 0 Å². The summed E-state index contributed by atoms with van der Waals surface area (Å²) in [4.78, 5) is 0. The molecule has 0 unspecified atom stereocenters. The van der Waals surface area contributed by atoms with Gasteiger partial charge in [-0.2, -0.15) is 53.6 Å². The molecule has 1 saturated carbocycles. The topological polar surface area (TPSA) is 0 Å². The summed E-state index contributed by atoms with van der Waals surface area (Å²) >= 11 is 0. The Bertz CT molecular complexity index is 657. The first-order chi connectivity index (χ1) is 12.9. The molecule has 0 amide bonds. The van der Waals surface area contributed by atoms with E-state index in [9.17, 15) is 0 Å². The second-order valence-electron chi connectivity index (χ2n) is 6.91. The minimum atomic E-state index is 0. The van der Waals surface area contributed by atoms with Crippen LogP contribution in [0.25, 0.3) is 0 Å². The van der Waals surface area contributed by atoms with Gasteiger partial charge in [0.25, 0.3) is 0 Å². The van der Waals surface area contributed by atoms with Crippen LogP contribution < -0.4 is 0 Å². The molecular formula is C26H28Fe2-8. The maximum Gasteiger partial charge on any atom is 0 e. The van der Waals surface area contributed by atoms with E-state index >= 15 is 0 Å². The van der Waals surface area contributed by atoms with Gasteiger partial charge in [-0.15, -0.1) is 0 Å². The fourth-order valence-corrected chi connectivity index (χ4v) is 3.93. The Kier molecular flexibility index (Phi) is 11.9. The van der Waals surface area contributed by atoms with Gasteiger partial charge in [0.05, 0.1) is 0 Å². The molecule has 2 heteroatoms. The molecule has 0 aliphatic heterocycles. The van der Waals surface area contributed by atoms with E-state index in [1.807, 2.05) is 60.7 Å². The second-order valence-corrected chi connectivity index (χ2v) is 6.91. The van der Waals surface area contributed by atoms with Crippen molar-refractivity contribution in [3.8, 4) is 0 Å². The number of hydrogen-bond donors (Lipinski definition) is 0. The smallest absolute Gasteiger partial charge is 0 e. The third-order valence-corrected chi connectivity index (χ3v) is 5.25. The standard InChI is InChI=1S/C16H18.2C5H5.2Fe/c1-6-12-16(13-7-1,14-8-2-3-9-14)15-10-4-5-11-15;2*1-2-4-5-3-1;;/h2-5,8-11H,1,6-7,12-13H2;2*1-5H;;/q-2;-5;-1;;. The first-order valence-corrected chi connectivity index (χ1v) is 9.70. The van der Waals surface area contributed by atoms with E-state index in [4.69, 9.17) is 0 Å². The monoisotopic (exact) mass is 452 g/mol. The van der Waals surface area contributed by atoms with Gasteiger partial charge in [-0.1, -0.05) is 37.5 Å². The first kappa shape index (κ1) is 24.5. The van der Waals surface area contributed by atoms with Crippen molar-refractivity contribution in [1.82, 2.24) is 0 Å². The van der Waals surface area contributed by atoms with Crippen molar-refractivity contribution >= 4 is 0 Å². The maximum absolute atomic E-state index is 2.30. The van der Waals surface area contributed by atoms with Gasteiger partial charge in [0.15, 0.2) is 0 Å². The number of rotatable bonds is 2. The van der Waals surface area contributed by atoms with Crippen LogP contribution in [-0.4, -0.2) is 0 Å². The van der Waals surface area contributed by atoms with E-state index in [-0.39, 0.29) is 34.1 Å². The molecule has 0 saturated heterocycles. The fraction of sp³-hybridized carbons (Fsp3) is 0.231. The molecular weight excluding hydrogens is 424 g/mol. The Labute approximate surface area is 191 Å². The summed E-state index contributed by atoms with van der Waals surface area (Å²) in [6.07, 6.45) is 6.79. The zero-order chi connectivity index (χ0) is 17.9. The van der Waals surface area contributed by atoms with E-state index in [1.54, 1.807) is 0 Å². The van der Waals surface area contributed by atoms with Gasteiger partial charge in [0.1, 0.15) is 0 Å². The van der Waals surface area contributed by atoms with E-state index < -0.39 is 0 Å². The molecule has 5 rings (SSSR count). The van der Waals surface area contributed by atoms with Crippen molar-refractivity contribution in [3.63, 3.8) is 0 Å². The van der Waals surface area contributed by atoms with Crippen molar-refractivity contribution < 1.29 is 34.1 Å². The summed E-state index contributed by atoms with van der Waals surface area (Å²) in [5.74, 6) is 0. The Balaban J connectivity index is 0.000000271. The minimum Gasteiger partial charge on any atom is -0.748 e. The van der Waals surface area contributed by atoms with Gasteiger partial charge in [-0.3, -0.25) is 0 Å². The van der Waals surface area contributed by atoms with Crippen LogP contribution in [0.1, 0.15) is 43.2 Å². The Hall–Kier alpha value is -1.56. The largest absolute Gasteiger partial charge is 0.748 e. The van der Waals surface area contributed by atoms with Gasteiger partial charge in [-0.05, 0) is 0 Å². The summed E-state index contributed by atoms with van der Waals surface area (Å²) in [7, 11) is 0. The van der Waals surface area contributed by atoms with Crippen molar-refractivity contribution in [2.45, 2.75) is 37.5 Å². The molecule has 0 N–H and O–H groups in total. The zero-order valence-electron chi connectivity index (χ0n) is 16.1. The molecule has 0 heterocycles. The maximum atomic E-state index is 2.30. The van der Waals surface area contributed by atoms with Crippen LogP contribution in [0.5, 0.6) is 0 Å². The average molecular weight is 452 g/mol. The van der Waals surface area contributed by atoms with E-state index in [0.29, 0.717) is 5.41 Å². The molecule has 1 aliphatic rings. The van der Waals surface area contributed by atoms with Gasteiger partial charge in [0, 0.05) is 34.1 Å². The van der Waals surface area contributed by atoms with Gasteiger partial charge >= 0.3 is 0 Å². The predicted molar refractivity (Wildman–Crippen MR) is 112 cm³/mol. The summed E-state index contributed by atoms with van der Waals surface area (Å²) in [6, 6.07) is 37.9. The predicted octanol–water partition coefficient (Wildman–Crippen LogP) is 7.18. The van der Waals surface area contributed by atoms with Gasteiger partial charge in [-0.25, -0.2) is 36.4 Å². The second kappa shape index (κ2) is 13.6. The Morgan fingerprint density at radius 1 is 0.536 bits per heavy atom. The molecule has 0 bridgehead atoms. The molecule has 0 nitrogen and oxygen atoms in total. The Morgan fingerprint density at radius 2 is 0.929 bits per heavy atom. The average Bonchev–Trinajstić information content (AvgIpc) is 3.50. The third kappa shape index (κ3) is 6.80. The molecule has 1 aliphatic carbocycles. The van der Waals surface area contributed by atoms with Crippen molar-refractivity contribution in [2.24, 2.45) is 0 Å². The fourth-order valence-electron chi connectivity index (χ4n) is 3.93. The van der Waals surface area contributed by atoms with Gasteiger partial charge in [0.2, 0.25) is 0 Å². The quantitative estimate of drug-likeness (QED) is 0.223. The Morgan fingerprint density at radius 3 is 1.25 bits per heavy atom. The summed E-state index contributed by atoms with van der Waals surface area (Å²) in [5, 5.41) is 0. The van der Waals surface area contributed by atoms with Crippen molar-refractivity contribution in [2.75, 3.05) is 0 Å².